The number of rotatable bonds is 5. The van der Waals surface area contributed by atoms with E-state index in [4.69, 9.17) is 0 Å². The molecule has 1 amide bonds. The fourth-order valence-electron chi connectivity index (χ4n) is 3.45. The van der Waals surface area contributed by atoms with Crippen molar-refractivity contribution in [2.45, 2.75) is 45.6 Å². The fraction of sp³-hybridized carbons (Fsp3) is 0.556. The summed E-state index contributed by atoms with van der Waals surface area (Å²) in [5.74, 6) is 0.839. The maximum absolute atomic E-state index is 12.4. The predicted molar refractivity (Wildman–Crippen MR) is 96.4 cm³/mol. The number of anilines is 1. The Morgan fingerprint density at radius 3 is 2.76 bits per heavy atom. The first-order valence-corrected chi connectivity index (χ1v) is 8.85. The van der Waals surface area contributed by atoms with Gasteiger partial charge in [-0.15, -0.1) is 0 Å². The topological polar surface area (TPSA) is 75.9 Å². The Bertz CT molecular complexity index is 727. The average molecular weight is 342 g/mol. The zero-order valence-corrected chi connectivity index (χ0v) is 15.2. The highest BCUT2D eigenvalue weighted by Gasteiger charge is 2.23. The summed E-state index contributed by atoms with van der Waals surface area (Å²) in [6.07, 6.45) is 6.76. The van der Waals surface area contributed by atoms with Crippen LogP contribution in [0, 0.1) is 13.8 Å². The van der Waals surface area contributed by atoms with Crippen LogP contribution >= 0.6 is 0 Å². The highest BCUT2D eigenvalue weighted by molar-refractivity contribution is 5.76. The summed E-state index contributed by atoms with van der Waals surface area (Å²) in [6.45, 7) is 5.75. The zero-order valence-electron chi connectivity index (χ0n) is 15.2. The molecule has 0 bridgehead atoms. The molecule has 0 radical (unpaired) electrons. The SMILES string of the molecule is Cc1nn(C)c(C)c1CCC(=O)N[C@H]1CCCN(c2ncccn2)C1. The van der Waals surface area contributed by atoms with Crippen LogP contribution in [0.2, 0.25) is 0 Å². The van der Waals surface area contributed by atoms with Gasteiger partial charge in [0.15, 0.2) is 0 Å². The van der Waals surface area contributed by atoms with E-state index in [0.717, 1.165) is 49.7 Å². The first-order valence-electron chi connectivity index (χ1n) is 8.85. The molecule has 1 saturated heterocycles. The van der Waals surface area contributed by atoms with Crippen LogP contribution in [0.1, 0.15) is 36.2 Å². The van der Waals surface area contributed by atoms with Gasteiger partial charge in [0.1, 0.15) is 0 Å². The number of nitrogens with zero attached hydrogens (tertiary/aromatic N) is 5. The van der Waals surface area contributed by atoms with E-state index < -0.39 is 0 Å². The molecule has 2 aromatic heterocycles. The third-order valence-corrected chi connectivity index (χ3v) is 4.88. The van der Waals surface area contributed by atoms with Crippen molar-refractivity contribution in [3.8, 4) is 0 Å². The summed E-state index contributed by atoms with van der Waals surface area (Å²) < 4.78 is 1.88. The highest BCUT2D eigenvalue weighted by Crippen LogP contribution is 2.16. The van der Waals surface area contributed by atoms with Crippen molar-refractivity contribution in [1.82, 2.24) is 25.1 Å². The minimum absolute atomic E-state index is 0.100. The first-order chi connectivity index (χ1) is 12.0. The largest absolute Gasteiger partial charge is 0.352 e. The van der Waals surface area contributed by atoms with E-state index in [1.165, 1.54) is 5.56 Å². The molecule has 0 aromatic carbocycles. The minimum Gasteiger partial charge on any atom is -0.352 e. The summed E-state index contributed by atoms with van der Waals surface area (Å²) in [7, 11) is 1.94. The molecule has 134 valence electrons. The Labute approximate surface area is 148 Å². The molecular weight excluding hydrogens is 316 g/mol. The minimum atomic E-state index is 0.100. The maximum atomic E-state index is 12.4. The second-order valence-corrected chi connectivity index (χ2v) is 6.67. The van der Waals surface area contributed by atoms with E-state index in [2.05, 4.69) is 25.3 Å². The molecule has 3 heterocycles. The lowest BCUT2D eigenvalue weighted by atomic mass is 10.0. The lowest BCUT2D eigenvalue weighted by Crippen LogP contribution is -2.48. The van der Waals surface area contributed by atoms with Crippen molar-refractivity contribution in [3.05, 3.63) is 35.4 Å². The Morgan fingerprint density at radius 1 is 1.32 bits per heavy atom. The van der Waals surface area contributed by atoms with Gasteiger partial charge in [-0.1, -0.05) is 0 Å². The van der Waals surface area contributed by atoms with E-state index in [-0.39, 0.29) is 11.9 Å². The molecule has 0 unspecified atom stereocenters. The zero-order chi connectivity index (χ0) is 17.8. The van der Waals surface area contributed by atoms with Crippen LogP contribution in [-0.2, 0) is 18.3 Å². The molecule has 1 fully saturated rings. The third-order valence-electron chi connectivity index (χ3n) is 4.88. The molecule has 1 N–H and O–H groups in total. The number of amides is 1. The Morgan fingerprint density at radius 2 is 2.08 bits per heavy atom. The number of carbonyl (C=O) groups is 1. The molecule has 7 heteroatoms. The van der Waals surface area contributed by atoms with Crippen molar-refractivity contribution in [2.75, 3.05) is 18.0 Å². The number of nitrogens with one attached hydrogen (secondary N) is 1. The quantitative estimate of drug-likeness (QED) is 0.892. The first kappa shape index (κ1) is 17.4. The number of aromatic nitrogens is 4. The molecular formula is C18H26N6O. The summed E-state index contributed by atoms with van der Waals surface area (Å²) in [5, 5.41) is 7.58. The summed E-state index contributed by atoms with van der Waals surface area (Å²) >= 11 is 0. The van der Waals surface area contributed by atoms with Gasteiger partial charge in [-0.25, -0.2) is 9.97 Å². The van der Waals surface area contributed by atoms with Crippen molar-refractivity contribution in [2.24, 2.45) is 7.05 Å². The van der Waals surface area contributed by atoms with Crippen LogP contribution in [0.25, 0.3) is 0 Å². The molecule has 3 rings (SSSR count). The molecule has 0 aliphatic carbocycles. The Balaban J connectivity index is 1.52. The molecule has 2 aromatic rings. The molecule has 7 nitrogen and oxygen atoms in total. The normalized spacial score (nSPS) is 17.6. The smallest absolute Gasteiger partial charge is 0.225 e. The van der Waals surface area contributed by atoms with Gasteiger partial charge < -0.3 is 10.2 Å². The van der Waals surface area contributed by atoms with Crippen LogP contribution in [-0.4, -0.2) is 44.8 Å². The third kappa shape index (κ3) is 4.15. The van der Waals surface area contributed by atoms with E-state index in [0.29, 0.717) is 6.42 Å². The highest BCUT2D eigenvalue weighted by atomic mass is 16.1. The fourth-order valence-corrected chi connectivity index (χ4v) is 3.45. The average Bonchev–Trinajstić information content (AvgIpc) is 2.86. The summed E-state index contributed by atoms with van der Waals surface area (Å²) in [5.41, 5.74) is 3.33. The summed E-state index contributed by atoms with van der Waals surface area (Å²) in [4.78, 5) is 23.1. The Kier molecular flexibility index (Phi) is 5.31. The van der Waals surface area contributed by atoms with Gasteiger partial charge in [0.2, 0.25) is 11.9 Å². The number of carbonyl (C=O) groups excluding carboxylic acids is 1. The number of hydrogen-bond donors (Lipinski definition) is 1. The van der Waals surface area contributed by atoms with Gasteiger partial charge in [-0.2, -0.15) is 5.10 Å². The van der Waals surface area contributed by atoms with Crippen molar-refractivity contribution in [3.63, 3.8) is 0 Å². The Hall–Kier alpha value is -2.44. The van der Waals surface area contributed by atoms with Crippen LogP contribution in [0.5, 0.6) is 0 Å². The molecule has 25 heavy (non-hydrogen) atoms. The second-order valence-electron chi connectivity index (χ2n) is 6.67. The second kappa shape index (κ2) is 7.63. The van der Waals surface area contributed by atoms with E-state index in [1.54, 1.807) is 12.4 Å². The van der Waals surface area contributed by atoms with Crippen LogP contribution in [0.4, 0.5) is 5.95 Å². The van der Waals surface area contributed by atoms with Crippen LogP contribution < -0.4 is 10.2 Å². The molecule has 1 aliphatic heterocycles. The summed E-state index contributed by atoms with van der Waals surface area (Å²) in [6, 6.07) is 1.97. The van der Waals surface area contributed by atoms with Crippen molar-refractivity contribution < 1.29 is 4.79 Å². The molecule has 0 spiro atoms. The van der Waals surface area contributed by atoms with Crippen molar-refractivity contribution >= 4 is 11.9 Å². The van der Waals surface area contributed by atoms with E-state index >= 15 is 0 Å². The predicted octanol–water partition coefficient (Wildman–Crippen LogP) is 1.54. The van der Waals surface area contributed by atoms with Gasteiger partial charge in [0.25, 0.3) is 0 Å². The number of aryl methyl sites for hydroxylation is 2. The lowest BCUT2D eigenvalue weighted by molar-refractivity contribution is -0.121. The molecule has 1 atom stereocenters. The van der Waals surface area contributed by atoms with E-state index in [1.807, 2.05) is 31.6 Å². The molecule has 0 saturated carbocycles. The van der Waals surface area contributed by atoms with Crippen LogP contribution in [0.3, 0.4) is 0 Å². The number of hydrogen-bond acceptors (Lipinski definition) is 5. The van der Waals surface area contributed by atoms with Gasteiger partial charge in [0, 0.05) is 50.7 Å². The maximum Gasteiger partial charge on any atom is 0.225 e. The number of piperidine rings is 1. The van der Waals surface area contributed by atoms with Crippen molar-refractivity contribution in [1.29, 1.82) is 0 Å². The van der Waals surface area contributed by atoms with Gasteiger partial charge in [-0.3, -0.25) is 9.48 Å². The molecule has 1 aliphatic rings. The van der Waals surface area contributed by atoms with Gasteiger partial charge >= 0.3 is 0 Å². The standard InChI is InChI=1S/C18H26N6O/c1-13-16(14(2)23(3)22-13)7-8-17(25)21-15-6-4-11-24(12-15)18-19-9-5-10-20-18/h5,9-10,15H,4,6-8,11-12H2,1-3H3,(H,21,25)/t15-/m0/s1. The van der Waals surface area contributed by atoms with Gasteiger partial charge in [-0.05, 0) is 44.7 Å². The van der Waals surface area contributed by atoms with E-state index in [9.17, 15) is 4.79 Å². The van der Waals surface area contributed by atoms with Gasteiger partial charge in [0.05, 0.1) is 5.69 Å². The lowest BCUT2D eigenvalue weighted by Gasteiger charge is -2.33. The monoisotopic (exact) mass is 342 g/mol. The van der Waals surface area contributed by atoms with Crippen LogP contribution in [0.15, 0.2) is 18.5 Å².